The van der Waals surface area contributed by atoms with Crippen LogP contribution in [0.3, 0.4) is 0 Å². The van der Waals surface area contributed by atoms with Crippen molar-refractivity contribution in [3.63, 3.8) is 0 Å². The SMILES string of the molecule is CCNC(=NCCn1ccnc1C)N1CCCC(C)C1. The van der Waals surface area contributed by atoms with Crippen LogP contribution in [0, 0.1) is 12.8 Å². The van der Waals surface area contributed by atoms with Gasteiger partial charge in [-0.05, 0) is 32.6 Å². The maximum Gasteiger partial charge on any atom is 0.193 e. The molecule has 0 radical (unpaired) electrons. The monoisotopic (exact) mass is 277 g/mol. The summed E-state index contributed by atoms with van der Waals surface area (Å²) in [5, 5.41) is 3.42. The summed E-state index contributed by atoms with van der Waals surface area (Å²) in [6.45, 7) is 11.3. The first-order valence-electron chi connectivity index (χ1n) is 7.71. The summed E-state index contributed by atoms with van der Waals surface area (Å²) in [6, 6.07) is 0. The molecule has 1 aromatic rings. The lowest BCUT2D eigenvalue weighted by atomic mass is 10.0. The van der Waals surface area contributed by atoms with Crippen LogP contribution in [0.1, 0.15) is 32.5 Å². The fourth-order valence-corrected chi connectivity index (χ4v) is 2.71. The standard InChI is InChI=1S/C15H27N5/c1-4-16-15(20-9-5-6-13(2)12-20)18-8-11-19-10-7-17-14(19)3/h7,10,13H,4-6,8-9,11-12H2,1-3H3,(H,16,18). The van der Waals surface area contributed by atoms with E-state index in [-0.39, 0.29) is 0 Å². The zero-order valence-electron chi connectivity index (χ0n) is 13.0. The van der Waals surface area contributed by atoms with E-state index >= 15 is 0 Å². The molecule has 0 bridgehead atoms. The summed E-state index contributed by atoms with van der Waals surface area (Å²) in [7, 11) is 0. The van der Waals surface area contributed by atoms with E-state index in [0.29, 0.717) is 0 Å². The number of aryl methyl sites for hydroxylation is 1. The van der Waals surface area contributed by atoms with Crippen molar-refractivity contribution in [1.82, 2.24) is 19.8 Å². The molecule has 1 saturated heterocycles. The number of hydrogen-bond acceptors (Lipinski definition) is 2. The fourth-order valence-electron chi connectivity index (χ4n) is 2.71. The quantitative estimate of drug-likeness (QED) is 0.675. The van der Waals surface area contributed by atoms with Crippen LogP contribution in [0.15, 0.2) is 17.4 Å². The van der Waals surface area contributed by atoms with Gasteiger partial charge in [-0.15, -0.1) is 0 Å². The van der Waals surface area contributed by atoms with E-state index in [4.69, 9.17) is 4.99 Å². The number of hydrogen-bond donors (Lipinski definition) is 1. The van der Waals surface area contributed by atoms with Crippen LogP contribution in [0.2, 0.25) is 0 Å². The van der Waals surface area contributed by atoms with Gasteiger partial charge in [0, 0.05) is 38.6 Å². The molecule has 1 N–H and O–H groups in total. The lowest BCUT2D eigenvalue weighted by Gasteiger charge is -2.33. The number of likely N-dealkylation sites (tertiary alicyclic amines) is 1. The van der Waals surface area contributed by atoms with Gasteiger partial charge < -0.3 is 14.8 Å². The van der Waals surface area contributed by atoms with Crippen LogP contribution < -0.4 is 5.32 Å². The zero-order valence-corrected chi connectivity index (χ0v) is 13.0. The van der Waals surface area contributed by atoms with Crippen LogP contribution in [-0.2, 0) is 6.54 Å². The van der Waals surface area contributed by atoms with Gasteiger partial charge in [-0.1, -0.05) is 6.92 Å². The first-order valence-corrected chi connectivity index (χ1v) is 7.71. The lowest BCUT2D eigenvalue weighted by molar-refractivity contribution is 0.266. The van der Waals surface area contributed by atoms with Crippen LogP contribution in [0.5, 0.6) is 0 Å². The number of piperidine rings is 1. The first kappa shape index (κ1) is 14.9. The van der Waals surface area contributed by atoms with E-state index in [2.05, 4.69) is 33.6 Å². The van der Waals surface area contributed by atoms with Crippen molar-refractivity contribution in [2.75, 3.05) is 26.2 Å². The molecule has 1 unspecified atom stereocenters. The molecular weight excluding hydrogens is 250 g/mol. The third-order valence-electron chi connectivity index (χ3n) is 3.82. The highest BCUT2D eigenvalue weighted by Crippen LogP contribution is 2.15. The number of aromatic nitrogens is 2. The second-order valence-electron chi connectivity index (χ2n) is 5.60. The topological polar surface area (TPSA) is 45.5 Å². The molecule has 0 spiro atoms. The van der Waals surface area contributed by atoms with Crippen molar-refractivity contribution < 1.29 is 0 Å². The summed E-state index contributed by atoms with van der Waals surface area (Å²) >= 11 is 0. The first-order chi connectivity index (χ1) is 9.70. The second kappa shape index (κ2) is 7.31. The number of nitrogens with one attached hydrogen (secondary N) is 1. The van der Waals surface area contributed by atoms with E-state index in [1.807, 2.05) is 19.3 Å². The van der Waals surface area contributed by atoms with Crippen molar-refractivity contribution in [3.8, 4) is 0 Å². The summed E-state index contributed by atoms with van der Waals surface area (Å²) in [5.41, 5.74) is 0. The molecule has 0 amide bonds. The Kier molecular flexibility index (Phi) is 5.44. The van der Waals surface area contributed by atoms with E-state index in [1.54, 1.807) is 0 Å². The summed E-state index contributed by atoms with van der Waals surface area (Å²) in [6.07, 6.45) is 6.47. The zero-order chi connectivity index (χ0) is 14.4. The van der Waals surface area contributed by atoms with Gasteiger partial charge in [0.1, 0.15) is 5.82 Å². The average molecular weight is 277 g/mol. The molecule has 0 aromatic carbocycles. The highest BCUT2D eigenvalue weighted by Gasteiger charge is 2.18. The van der Waals surface area contributed by atoms with Crippen molar-refractivity contribution in [2.45, 2.75) is 40.2 Å². The van der Waals surface area contributed by atoms with Crippen LogP contribution >= 0.6 is 0 Å². The largest absolute Gasteiger partial charge is 0.357 e. The summed E-state index contributed by atoms with van der Waals surface area (Å²) < 4.78 is 2.14. The number of imidazole rings is 1. The van der Waals surface area contributed by atoms with Crippen molar-refractivity contribution >= 4 is 5.96 Å². The number of guanidine groups is 1. The fraction of sp³-hybridized carbons (Fsp3) is 0.733. The van der Waals surface area contributed by atoms with E-state index in [0.717, 1.165) is 50.4 Å². The van der Waals surface area contributed by atoms with Gasteiger partial charge in [0.25, 0.3) is 0 Å². The van der Waals surface area contributed by atoms with E-state index < -0.39 is 0 Å². The van der Waals surface area contributed by atoms with Gasteiger partial charge in [0.2, 0.25) is 0 Å². The second-order valence-corrected chi connectivity index (χ2v) is 5.60. The minimum Gasteiger partial charge on any atom is -0.357 e. The van der Waals surface area contributed by atoms with Gasteiger partial charge in [0.05, 0.1) is 6.54 Å². The van der Waals surface area contributed by atoms with E-state index in [1.165, 1.54) is 12.8 Å². The van der Waals surface area contributed by atoms with Gasteiger partial charge in [-0.3, -0.25) is 4.99 Å². The number of nitrogens with zero attached hydrogens (tertiary/aromatic N) is 4. The Labute approximate surface area is 122 Å². The van der Waals surface area contributed by atoms with Crippen LogP contribution in [0.25, 0.3) is 0 Å². The molecule has 20 heavy (non-hydrogen) atoms. The highest BCUT2D eigenvalue weighted by molar-refractivity contribution is 5.80. The third kappa shape index (κ3) is 3.99. The molecule has 5 heteroatoms. The summed E-state index contributed by atoms with van der Waals surface area (Å²) in [4.78, 5) is 11.4. The molecule has 2 rings (SSSR count). The maximum atomic E-state index is 4.77. The Balaban J connectivity index is 1.93. The molecule has 1 aromatic heterocycles. The molecule has 1 aliphatic heterocycles. The molecule has 0 saturated carbocycles. The van der Waals surface area contributed by atoms with Crippen molar-refractivity contribution in [2.24, 2.45) is 10.9 Å². The van der Waals surface area contributed by atoms with Crippen molar-refractivity contribution in [1.29, 1.82) is 0 Å². The predicted octanol–water partition coefficient (Wildman–Crippen LogP) is 1.89. The minimum absolute atomic E-state index is 0.767. The predicted molar refractivity (Wildman–Crippen MR) is 82.9 cm³/mol. The molecule has 1 atom stereocenters. The van der Waals surface area contributed by atoms with Crippen molar-refractivity contribution in [3.05, 3.63) is 18.2 Å². The van der Waals surface area contributed by atoms with Gasteiger partial charge >= 0.3 is 0 Å². The molecule has 0 aliphatic carbocycles. The Morgan fingerprint density at radius 1 is 1.55 bits per heavy atom. The maximum absolute atomic E-state index is 4.77. The average Bonchev–Trinajstić information content (AvgIpc) is 2.83. The Morgan fingerprint density at radius 2 is 2.40 bits per heavy atom. The van der Waals surface area contributed by atoms with Crippen LogP contribution in [-0.4, -0.2) is 46.6 Å². The smallest absolute Gasteiger partial charge is 0.193 e. The molecule has 5 nitrogen and oxygen atoms in total. The molecule has 112 valence electrons. The molecule has 2 heterocycles. The Morgan fingerprint density at radius 3 is 3.05 bits per heavy atom. The molecule has 1 fully saturated rings. The van der Waals surface area contributed by atoms with Crippen LogP contribution in [0.4, 0.5) is 0 Å². The van der Waals surface area contributed by atoms with Gasteiger partial charge in [-0.2, -0.15) is 0 Å². The number of rotatable bonds is 4. The number of aliphatic imine (C=N–C) groups is 1. The normalized spacial score (nSPS) is 20.2. The summed E-state index contributed by atoms with van der Waals surface area (Å²) in [5.74, 6) is 2.89. The minimum atomic E-state index is 0.767. The highest BCUT2D eigenvalue weighted by atomic mass is 15.3. The lowest BCUT2D eigenvalue weighted by Crippen LogP contribution is -2.46. The molecular formula is C15H27N5. The third-order valence-corrected chi connectivity index (χ3v) is 3.82. The Hall–Kier alpha value is -1.52. The van der Waals surface area contributed by atoms with E-state index in [9.17, 15) is 0 Å². The molecule has 1 aliphatic rings. The Bertz CT molecular complexity index is 437. The van der Waals surface area contributed by atoms with Gasteiger partial charge in [0.15, 0.2) is 5.96 Å². The van der Waals surface area contributed by atoms with Gasteiger partial charge in [-0.25, -0.2) is 4.98 Å².